The summed E-state index contributed by atoms with van der Waals surface area (Å²) in [5.41, 5.74) is 6.66. The highest BCUT2D eigenvalue weighted by Crippen LogP contribution is 2.20. The molecule has 6 heteroatoms. The number of nitrogens with two attached hydrogens (primary N) is 1. The number of benzene rings is 1. The van der Waals surface area contributed by atoms with Gasteiger partial charge in [-0.3, -0.25) is 4.90 Å². The van der Waals surface area contributed by atoms with E-state index in [0.717, 1.165) is 13.1 Å². The number of rotatable bonds is 4. The molecule has 1 fully saturated rings. The van der Waals surface area contributed by atoms with Gasteiger partial charge in [-0.15, -0.1) is 0 Å². The third-order valence-corrected chi connectivity index (χ3v) is 4.20. The molecular weight excluding hydrogens is 336 g/mol. The van der Waals surface area contributed by atoms with Crippen molar-refractivity contribution in [2.45, 2.75) is 26.0 Å². The quantitative estimate of drug-likeness (QED) is 0.662. The van der Waals surface area contributed by atoms with E-state index in [1.165, 1.54) is 0 Å². The number of nitrogen functional groups attached to an aromatic ring is 1. The van der Waals surface area contributed by atoms with E-state index in [2.05, 4.69) is 34.7 Å². The van der Waals surface area contributed by atoms with Crippen LogP contribution in [0.1, 0.15) is 24.2 Å². The molecule has 0 radical (unpaired) electrons. The van der Waals surface area contributed by atoms with Gasteiger partial charge in [0.05, 0.1) is 12.2 Å². The van der Waals surface area contributed by atoms with Gasteiger partial charge in [0.2, 0.25) is 0 Å². The number of hydrogen-bond donors (Lipinski definition) is 1. The minimum absolute atomic E-state index is 0.0788. The van der Waals surface area contributed by atoms with Crippen LogP contribution in [0.5, 0.6) is 0 Å². The van der Waals surface area contributed by atoms with Gasteiger partial charge in [0.15, 0.2) is 0 Å². The van der Waals surface area contributed by atoms with Crippen molar-refractivity contribution in [3.8, 4) is 0 Å². The number of morpholine rings is 1. The fourth-order valence-corrected chi connectivity index (χ4v) is 2.67. The molecule has 1 aliphatic heterocycles. The van der Waals surface area contributed by atoms with E-state index in [1.54, 1.807) is 18.2 Å². The molecule has 5 nitrogen and oxygen atoms in total. The fraction of sp³-hybridized carbons (Fsp3) is 0.533. The highest BCUT2D eigenvalue weighted by molar-refractivity contribution is 9.10. The molecule has 0 aromatic heterocycles. The normalized spacial score (nSPS) is 19.7. The molecule has 0 amide bonds. The number of carbonyl (C=O) groups is 1. The van der Waals surface area contributed by atoms with Crippen molar-refractivity contribution >= 4 is 27.6 Å². The molecule has 21 heavy (non-hydrogen) atoms. The molecule has 0 bridgehead atoms. The van der Waals surface area contributed by atoms with Crippen LogP contribution >= 0.6 is 15.9 Å². The number of ether oxygens (including phenoxy) is 2. The molecule has 1 heterocycles. The summed E-state index contributed by atoms with van der Waals surface area (Å²) in [6.45, 7) is 6.92. The van der Waals surface area contributed by atoms with Gasteiger partial charge >= 0.3 is 5.97 Å². The lowest BCUT2D eigenvalue weighted by atomic mass is 10.2. The summed E-state index contributed by atoms with van der Waals surface area (Å²) in [4.78, 5) is 14.4. The van der Waals surface area contributed by atoms with Crippen molar-refractivity contribution in [1.29, 1.82) is 0 Å². The fourth-order valence-electron chi connectivity index (χ4n) is 2.26. The largest absolute Gasteiger partial charge is 0.459 e. The van der Waals surface area contributed by atoms with Crippen molar-refractivity contribution in [2.75, 3.05) is 32.0 Å². The molecule has 1 saturated heterocycles. The van der Waals surface area contributed by atoms with E-state index in [-0.39, 0.29) is 18.7 Å². The maximum absolute atomic E-state index is 12.1. The van der Waals surface area contributed by atoms with Gasteiger partial charge in [-0.2, -0.15) is 0 Å². The Morgan fingerprint density at radius 1 is 1.57 bits per heavy atom. The molecule has 1 unspecified atom stereocenters. The topological polar surface area (TPSA) is 64.8 Å². The SMILES string of the molecule is CC(C)N1CCOC(COC(=O)c2cc(N)ccc2Br)C1. The molecule has 2 N–H and O–H groups in total. The lowest BCUT2D eigenvalue weighted by Gasteiger charge is -2.35. The van der Waals surface area contributed by atoms with Gasteiger partial charge in [0.25, 0.3) is 0 Å². The number of esters is 1. The molecule has 1 aromatic carbocycles. The highest BCUT2D eigenvalue weighted by atomic mass is 79.9. The van der Waals surface area contributed by atoms with Gasteiger partial charge in [0, 0.05) is 29.3 Å². The van der Waals surface area contributed by atoms with Gasteiger partial charge in [0.1, 0.15) is 12.7 Å². The predicted molar refractivity (Wildman–Crippen MR) is 85.3 cm³/mol. The monoisotopic (exact) mass is 356 g/mol. The van der Waals surface area contributed by atoms with E-state index in [4.69, 9.17) is 15.2 Å². The Morgan fingerprint density at radius 2 is 2.33 bits per heavy atom. The Morgan fingerprint density at radius 3 is 3.05 bits per heavy atom. The first kappa shape index (κ1) is 16.3. The summed E-state index contributed by atoms with van der Waals surface area (Å²) >= 11 is 3.33. The first-order chi connectivity index (χ1) is 9.97. The van der Waals surface area contributed by atoms with E-state index in [1.807, 2.05) is 0 Å². The Hall–Kier alpha value is -1.11. The maximum atomic E-state index is 12.1. The summed E-state index contributed by atoms with van der Waals surface area (Å²) in [6.07, 6.45) is -0.0788. The molecule has 0 spiro atoms. The molecule has 0 aliphatic carbocycles. The summed E-state index contributed by atoms with van der Waals surface area (Å²) in [5.74, 6) is -0.389. The zero-order chi connectivity index (χ0) is 15.4. The molecule has 1 atom stereocenters. The highest BCUT2D eigenvalue weighted by Gasteiger charge is 2.24. The second-order valence-electron chi connectivity index (χ2n) is 5.42. The number of halogens is 1. The molecule has 116 valence electrons. The Balaban J connectivity index is 1.90. The first-order valence-corrected chi connectivity index (χ1v) is 7.84. The third-order valence-electron chi connectivity index (χ3n) is 3.51. The summed E-state index contributed by atoms with van der Waals surface area (Å²) in [5, 5.41) is 0. The minimum Gasteiger partial charge on any atom is -0.459 e. The summed E-state index contributed by atoms with van der Waals surface area (Å²) in [7, 11) is 0. The molecular formula is C15H21BrN2O3. The first-order valence-electron chi connectivity index (χ1n) is 7.05. The zero-order valence-electron chi connectivity index (χ0n) is 12.3. The minimum atomic E-state index is -0.389. The van der Waals surface area contributed by atoms with E-state index in [0.29, 0.717) is 28.4 Å². The van der Waals surface area contributed by atoms with Crippen LogP contribution in [-0.4, -0.2) is 49.3 Å². The van der Waals surface area contributed by atoms with Crippen LogP contribution in [-0.2, 0) is 9.47 Å². The second kappa shape index (κ2) is 7.24. The molecule has 2 rings (SSSR count). The second-order valence-corrected chi connectivity index (χ2v) is 6.27. The van der Waals surface area contributed by atoms with Crippen LogP contribution in [0.25, 0.3) is 0 Å². The van der Waals surface area contributed by atoms with Gasteiger partial charge in [-0.1, -0.05) is 0 Å². The van der Waals surface area contributed by atoms with Gasteiger partial charge in [-0.25, -0.2) is 4.79 Å². The lowest BCUT2D eigenvalue weighted by molar-refractivity contribution is -0.0663. The summed E-state index contributed by atoms with van der Waals surface area (Å²) in [6, 6.07) is 5.54. The number of hydrogen-bond acceptors (Lipinski definition) is 5. The molecule has 0 saturated carbocycles. The standard InChI is InChI=1S/C15H21BrN2O3/c1-10(2)18-5-6-20-12(8-18)9-21-15(19)13-7-11(17)3-4-14(13)16/h3-4,7,10,12H,5-6,8-9,17H2,1-2H3. The van der Waals surface area contributed by atoms with Crippen molar-refractivity contribution in [3.63, 3.8) is 0 Å². The van der Waals surface area contributed by atoms with Crippen LogP contribution in [0.4, 0.5) is 5.69 Å². The molecule has 1 aromatic rings. The zero-order valence-corrected chi connectivity index (χ0v) is 13.9. The number of anilines is 1. The predicted octanol–water partition coefficient (Wildman–Crippen LogP) is 2.30. The third kappa shape index (κ3) is 4.43. The van der Waals surface area contributed by atoms with Crippen molar-refractivity contribution in [3.05, 3.63) is 28.2 Å². The molecule has 1 aliphatic rings. The van der Waals surface area contributed by atoms with Crippen LogP contribution in [0.15, 0.2) is 22.7 Å². The smallest absolute Gasteiger partial charge is 0.339 e. The van der Waals surface area contributed by atoms with Crippen molar-refractivity contribution in [1.82, 2.24) is 4.90 Å². The Labute approximate surface area is 133 Å². The van der Waals surface area contributed by atoms with E-state index < -0.39 is 0 Å². The Bertz CT molecular complexity index is 508. The van der Waals surface area contributed by atoms with Crippen molar-refractivity contribution in [2.24, 2.45) is 0 Å². The van der Waals surface area contributed by atoms with Gasteiger partial charge in [-0.05, 0) is 48.0 Å². The Kier molecular flexibility index (Phi) is 5.61. The van der Waals surface area contributed by atoms with Crippen molar-refractivity contribution < 1.29 is 14.3 Å². The van der Waals surface area contributed by atoms with Crippen LogP contribution in [0.3, 0.4) is 0 Å². The van der Waals surface area contributed by atoms with Crippen LogP contribution < -0.4 is 5.73 Å². The number of carbonyl (C=O) groups excluding carboxylic acids is 1. The summed E-state index contributed by atoms with van der Waals surface area (Å²) < 4.78 is 11.7. The van der Waals surface area contributed by atoms with Gasteiger partial charge < -0.3 is 15.2 Å². The van der Waals surface area contributed by atoms with Crippen LogP contribution in [0, 0.1) is 0 Å². The van der Waals surface area contributed by atoms with E-state index >= 15 is 0 Å². The van der Waals surface area contributed by atoms with E-state index in [9.17, 15) is 4.79 Å². The lowest BCUT2D eigenvalue weighted by Crippen LogP contribution is -2.47. The average molecular weight is 357 g/mol. The maximum Gasteiger partial charge on any atom is 0.339 e. The van der Waals surface area contributed by atoms with Crippen LogP contribution in [0.2, 0.25) is 0 Å². The number of nitrogens with zero attached hydrogens (tertiary/aromatic N) is 1. The average Bonchev–Trinajstić information content (AvgIpc) is 2.47.